The summed E-state index contributed by atoms with van der Waals surface area (Å²) >= 11 is 1.48. The predicted molar refractivity (Wildman–Crippen MR) is 114 cm³/mol. The minimum Gasteiger partial charge on any atom is -0.460 e. The van der Waals surface area contributed by atoms with E-state index in [0.29, 0.717) is 23.6 Å². The van der Waals surface area contributed by atoms with E-state index in [-0.39, 0.29) is 0 Å². The predicted octanol–water partition coefficient (Wildman–Crippen LogP) is 6.17. The summed E-state index contributed by atoms with van der Waals surface area (Å²) in [6.07, 6.45) is -3.47. The van der Waals surface area contributed by atoms with Gasteiger partial charge < -0.3 is 15.1 Å². The number of benzene rings is 2. The number of fused-ring (bicyclic) bond motifs is 1. The zero-order valence-electron chi connectivity index (χ0n) is 16.0. The fourth-order valence-electron chi connectivity index (χ4n) is 3.12. The minimum atomic E-state index is -4.37. The standard InChI is InChI=1S/C22H20F3N3OS/c23-22(24,25)16-6-3-5-15(13-16)19-10-9-17(29-19)14-26-11-4-12-27-21-18-7-1-2-8-20(18)30-28-21/h1-3,5-10,13,26H,4,11-12,14H2,(H,27,28). The first kappa shape index (κ1) is 20.4. The summed E-state index contributed by atoms with van der Waals surface area (Å²) in [5.41, 5.74) is -0.271. The van der Waals surface area contributed by atoms with Gasteiger partial charge in [0.15, 0.2) is 0 Å². The van der Waals surface area contributed by atoms with Crippen LogP contribution in [0.4, 0.5) is 19.0 Å². The molecule has 0 fully saturated rings. The Bertz CT molecular complexity index is 1120. The molecule has 0 aliphatic rings. The maximum atomic E-state index is 12.9. The molecule has 2 N–H and O–H groups in total. The van der Waals surface area contributed by atoms with Crippen LogP contribution in [-0.2, 0) is 12.7 Å². The Morgan fingerprint density at radius 2 is 1.83 bits per heavy atom. The largest absolute Gasteiger partial charge is 0.460 e. The van der Waals surface area contributed by atoms with E-state index in [9.17, 15) is 13.2 Å². The third-order valence-corrected chi connectivity index (χ3v) is 5.46. The molecule has 0 aliphatic heterocycles. The lowest BCUT2D eigenvalue weighted by molar-refractivity contribution is -0.137. The minimum absolute atomic E-state index is 0.413. The van der Waals surface area contributed by atoms with Gasteiger partial charge in [-0.1, -0.05) is 24.3 Å². The summed E-state index contributed by atoms with van der Waals surface area (Å²) in [4.78, 5) is 0. The Morgan fingerprint density at radius 1 is 0.967 bits per heavy atom. The quantitative estimate of drug-likeness (QED) is 0.328. The molecule has 0 spiro atoms. The number of rotatable bonds is 8. The molecular formula is C22H20F3N3OS. The average Bonchev–Trinajstić information content (AvgIpc) is 3.37. The highest BCUT2D eigenvalue weighted by molar-refractivity contribution is 7.13. The first-order chi connectivity index (χ1) is 14.5. The Hall–Kier alpha value is -2.84. The zero-order chi connectivity index (χ0) is 21.0. The van der Waals surface area contributed by atoms with Crippen molar-refractivity contribution in [3.8, 4) is 11.3 Å². The van der Waals surface area contributed by atoms with Crippen molar-refractivity contribution in [2.75, 3.05) is 18.4 Å². The van der Waals surface area contributed by atoms with E-state index in [2.05, 4.69) is 27.1 Å². The van der Waals surface area contributed by atoms with Gasteiger partial charge in [-0.15, -0.1) is 0 Å². The molecule has 0 unspecified atom stereocenters. The molecule has 8 heteroatoms. The SMILES string of the molecule is FC(F)(F)c1cccc(-c2ccc(CNCCCNc3nsc4ccccc34)o2)c1. The number of halogens is 3. The Balaban J connectivity index is 1.23. The molecule has 30 heavy (non-hydrogen) atoms. The highest BCUT2D eigenvalue weighted by Crippen LogP contribution is 2.32. The third kappa shape index (κ3) is 4.83. The second kappa shape index (κ2) is 8.89. The monoisotopic (exact) mass is 431 g/mol. The molecule has 2 aromatic carbocycles. The number of nitrogens with one attached hydrogen (secondary N) is 2. The van der Waals surface area contributed by atoms with Crippen molar-refractivity contribution >= 4 is 27.4 Å². The second-order valence-electron chi connectivity index (χ2n) is 6.83. The van der Waals surface area contributed by atoms with Crippen molar-refractivity contribution in [1.29, 1.82) is 0 Å². The van der Waals surface area contributed by atoms with Crippen LogP contribution in [0.15, 0.2) is 65.1 Å². The molecule has 0 atom stereocenters. The second-order valence-corrected chi connectivity index (χ2v) is 7.63. The lowest BCUT2D eigenvalue weighted by atomic mass is 10.1. The molecule has 0 amide bonds. The molecule has 4 aromatic rings. The number of aromatic nitrogens is 1. The van der Waals surface area contributed by atoms with E-state index < -0.39 is 11.7 Å². The van der Waals surface area contributed by atoms with Gasteiger partial charge in [-0.2, -0.15) is 17.5 Å². The topological polar surface area (TPSA) is 50.1 Å². The summed E-state index contributed by atoms with van der Waals surface area (Å²) in [6, 6.07) is 16.7. The van der Waals surface area contributed by atoms with E-state index in [0.717, 1.165) is 47.5 Å². The summed E-state index contributed by atoms with van der Waals surface area (Å²) in [7, 11) is 0. The van der Waals surface area contributed by atoms with Crippen LogP contribution < -0.4 is 10.6 Å². The summed E-state index contributed by atoms with van der Waals surface area (Å²) in [5.74, 6) is 2.02. The van der Waals surface area contributed by atoms with Crippen LogP contribution in [0.1, 0.15) is 17.7 Å². The summed E-state index contributed by atoms with van der Waals surface area (Å²) in [5, 5.41) is 7.77. The van der Waals surface area contributed by atoms with Gasteiger partial charge in [0.25, 0.3) is 0 Å². The number of alkyl halides is 3. The van der Waals surface area contributed by atoms with Gasteiger partial charge in [-0.3, -0.25) is 0 Å². The number of hydrogen-bond acceptors (Lipinski definition) is 5. The fourth-order valence-corrected chi connectivity index (χ4v) is 3.88. The first-order valence-electron chi connectivity index (χ1n) is 9.56. The van der Waals surface area contributed by atoms with Crippen LogP contribution >= 0.6 is 11.5 Å². The molecule has 156 valence electrons. The van der Waals surface area contributed by atoms with Crippen molar-refractivity contribution in [3.63, 3.8) is 0 Å². The van der Waals surface area contributed by atoms with Gasteiger partial charge in [-0.25, -0.2) is 0 Å². The Kier molecular flexibility index (Phi) is 6.06. The molecule has 0 radical (unpaired) electrons. The van der Waals surface area contributed by atoms with Crippen LogP contribution in [0.2, 0.25) is 0 Å². The van der Waals surface area contributed by atoms with Gasteiger partial charge in [-0.05, 0) is 60.9 Å². The van der Waals surface area contributed by atoms with Crippen LogP contribution in [0.25, 0.3) is 21.4 Å². The van der Waals surface area contributed by atoms with Gasteiger partial charge in [0.1, 0.15) is 17.3 Å². The molecule has 4 rings (SSSR count). The number of hydrogen-bond donors (Lipinski definition) is 2. The number of nitrogens with zero attached hydrogens (tertiary/aromatic N) is 1. The van der Waals surface area contributed by atoms with Gasteiger partial charge in [0.05, 0.1) is 16.8 Å². The maximum Gasteiger partial charge on any atom is 0.416 e. The smallest absolute Gasteiger partial charge is 0.416 e. The highest BCUT2D eigenvalue weighted by Gasteiger charge is 2.30. The third-order valence-electron chi connectivity index (χ3n) is 4.64. The van der Waals surface area contributed by atoms with E-state index in [1.165, 1.54) is 17.6 Å². The lowest BCUT2D eigenvalue weighted by Gasteiger charge is -2.07. The molecule has 4 nitrogen and oxygen atoms in total. The average molecular weight is 431 g/mol. The van der Waals surface area contributed by atoms with Crippen LogP contribution in [0.3, 0.4) is 0 Å². The summed E-state index contributed by atoms with van der Waals surface area (Å²) in [6.45, 7) is 2.07. The van der Waals surface area contributed by atoms with Crippen LogP contribution in [-0.4, -0.2) is 17.5 Å². The van der Waals surface area contributed by atoms with E-state index in [1.807, 2.05) is 12.1 Å². The Morgan fingerprint density at radius 3 is 2.70 bits per heavy atom. The normalized spacial score (nSPS) is 11.8. The van der Waals surface area contributed by atoms with Crippen molar-refractivity contribution in [3.05, 3.63) is 72.0 Å². The van der Waals surface area contributed by atoms with E-state index >= 15 is 0 Å². The first-order valence-corrected chi connectivity index (χ1v) is 10.3. The molecular weight excluding hydrogens is 411 g/mol. The molecule has 0 aliphatic carbocycles. The van der Waals surface area contributed by atoms with Crippen molar-refractivity contribution in [2.45, 2.75) is 19.1 Å². The van der Waals surface area contributed by atoms with E-state index in [4.69, 9.17) is 4.42 Å². The van der Waals surface area contributed by atoms with Gasteiger partial charge in [0, 0.05) is 17.5 Å². The van der Waals surface area contributed by atoms with Crippen molar-refractivity contribution in [2.24, 2.45) is 0 Å². The number of furan rings is 1. The molecule has 0 bridgehead atoms. The van der Waals surface area contributed by atoms with Crippen LogP contribution in [0.5, 0.6) is 0 Å². The maximum absolute atomic E-state index is 12.9. The molecule has 2 aromatic heterocycles. The zero-order valence-corrected chi connectivity index (χ0v) is 16.8. The Labute approximate surface area is 175 Å². The van der Waals surface area contributed by atoms with Gasteiger partial charge >= 0.3 is 6.18 Å². The summed E-state index contributed by atoms with van der Waals surface area (Å²) < 4.78 is 49.9. The van der Waals surface area contributed by atoms with Gasteiger partial charge in [0.2, 0.25) is 0 Å². The van der Waals surface area contributed by atoms with E-state index in [1.54, 1.807) is 18.2 Å². The molecule has 0 saturated heterocycles. The van der Waals surface area contributed by atoms with Crippen molar-refractivity contribution in [1.82, 2.24) is 9.69 Å². The molecule has 0 saturated carbocycles. The number of anilines is 1. The fraction of sp³-hybridized carbons (Fsp3) is 0.227. The van der Waals surface area contributed by atoms with Crippen LogP contribution in [0, 0.1) is 0 Å². The lowest BCUT2D eigenvalue weighted by Crippen LogP contribution is -2.17. The highest BCUT2D eigenvalue weighted by atomic mass is 32.1. The van der Waals surface area contributed by atoms with Crippen molar-refractivity contribution < 1.29 is 17.6 Å². The molecule has 2 heterocycles.